The van der Waals surface area contributed by atoms with Crippen LogP contribution in [0.4, 0.5) is 10.1 Å². The molecular weight excluding hydrogens is 594 g/mol. The molecule has 1 saturated carbocycles. The predicted molar refractivity (Wildman–Crippen MR) is 171 cm³/mol. The largest absolute Gasteiger partial charge is 0.480 e. The van der Waals surface area contributed by atoms with Gasteiger partial charge in [0.1, 0.15) is 11.9 Å². The van der Waals surface area contributed by atoms with Gasteiger partial charge in [-0.3, -0.25) is 14.4 Å². The predicted octanol–water partition coefficient (Wildman–Crippen LogP) is 6.46. The topological polar surface area (TPSA) is 134 Å². The molecule has 0 radical (unpaired) electrons. The smallest absolute Gasteiger partial charge is 0.320 e. The zero-order valence-corrected chi connectivity index (χ0v) is 27.1. The van der Waals surface area contributed by atoms with Crippen LogP contribution in [0.5, 0.6) is 0 Å². The molecule has 11 heteroatoms. The molecule has 3 unspecified atom stereocenters. The fraction of sp³-hybridized carbons (Fsp3) is 0.531. The molecule has 43 heavy (non-hydrogen) atoms. The standard InChI is InChI=1S/C24H26Cl2FN3O2.C5H12.C3H7NO2/c25-14-9-10-16(20(11-14)29-13-31)18-12-28-23(24(32)30-15-5-2-1-3-6-15)21(18)17-7-4-8-19(26)22(17)27;1-5(2,3)4;1-2(4)3(5)6/h4,7-11,13,15,18,21,23,28H,1-3,5-6,12H2,(H,29,31)(H,30,32);1-4H3;2H,4H2,1H3,(H,5,6)/t18?,21?,23-;;/m1../s1. The van der Waals surface area contributed by atoms with E-state index < -0.39 is 29.8 Å². The van der Waals surface area contributed by atoms with Gasteiger partial charge in [-0.25, -0.2) is 4.39 Å². The number of carboxylic acid groups (broad SMARTS) is 1. The van der Waals surface area contributed by atoms with Crippen molar-refractivity contribution in [2.45, 2.75) is 96.7 Å². The summed E-state index contributed by atoms with van der Waals surface area (Å²) in [5, 5.41) is 17.5. The van der Waals surface area contributed by atoms with Crippen molar-refractivity contribution < 1.29 is 23.9 Å². The van der Waals surface area contributed by atoms with E-state index in [1.165, 1.54) is 19.4 Å². The Balaban J connectivity index is 0.000000502. The lowest BCUT2D eigenvalue weighted by Crippen LogP contribution is -2.47. The fourth-order valence-electron chi connectivity index (χ4n) is 5.05. The Morgan fingerprint density at radius 3 is 2.26 bits per heavy atom. The second-order valence-electron chi connectivity index (χ2n) is 12.6. The third-order valence-corrected chi connectivity index (χ3v) is 7.47. The molecule has 2 fully saturated rings. The number of aliphatic carboxylic acids is 1. The molecule has 2 aliphatic rings. The van der Waals surface area contributed by atoms with Crippen LogP contribution in [-0.4, -0.2) is 48.1 Å². The average Bonchev–Trinajstić information content (AvgIpc) is 3.35. The minimum absolute atomic E-state index is 0.0157. The number of halogens is 3. The van der Waals surface area contributed by atoms with Gasteiger partial charge in [-0.2, -0.15) is 0 Å². The maximum absolute atomic E-state index is 15.2. The molecule has 1 heterocycles. The molecule has 8 nitrogen and oxygen atoms in total. The van der Waals surface area contributed by atoms with E-state index in [1.807, 2.05) is 6.07 Å². The van der Waals surface area contributed by atoms with Crippen LogP contribution >= 0.6 is 23.2 Å². The van der Waals surface area contributed by atoms with Gasteiger partial charge in [0.05, 0.1) is 11.1 Å². The Hall–Kier alpha value is -2.72. The quantitative estimate of drug-likeness (QED) is 0.221. The maximum Gasteiger partial charge on any atom is 0.320 e. The first-order chi connectivity index (χ1) is 20.1. The first kappa shape index (κ1) is 36.5. The number of rotatable bonds is 7. The summed E-state index contributed by atoms with van der Waals surface area (Å²) in [6, 6.07) is 8.85. The molecule has 6 N–H and O–H groups in total. The van der Waals surface area contributed by atoms with Crippen molar-refractivity contribution >= 4 is 47.2 Å². The minimum atomic E-state index is -0.963. The summed E-state index contributed by atoms with van der Waals surface area (Å²) in [7, 11) is 0. The molecule has 2 amide bonds. The summed E-state index contributed by atoms with van der Waals surface area (Å²) in [6.07, 6.45) is 5.90. The minimum Gasteiger partial charge on any atom is -0.480 e. The Kier molecular flexibility index (Phi) is 14.4. The first-order valence-corrected chi connectivity index (χ1v) is 15.3. The van der Waals surface area contributed by atoms with Crippen LogP contribution in [0.2, 0.25) is 10.0 Å². The van der Waals surface area contributed by atoms with E-state index in [4.69, 9.17) is 34.0 Å². The highest BCUT2D eigenvalue weighted by atomic mass is 35.5. The van der Waals surface area contributed by atoms with Gasteiger partial charge in [-0.15, -0.1) is 0 Å². The van der Waals surface area contributed by atoms with Crippen molar-refractivity contribution in [2.24, 2.45) is 11.1 Å². The monoisotopic (exact) mass is 638 g/mol. The van der Waals surface area contributed by atoms with Gasteiger partial charge in [0.15, 0.2) is 0 Å². The zero-order chi connectivity index (χ0) is 32.3. The van der Waals surface area contributed by atoms with Crippen LogP contribution in [0.25, 0.3) is 0 Å². The van der Waals surface area contributed by atoms with Gasteiger partial charge in [0.2, 0.25) is 12.3 Å². The Morgan fingerprint density at radius 1 is 1.09 bits per heavy atom. The van der Waals surface area contributed by atoms with Gasteiger partial charge in [-0.05, 0) is 54.5 Å². The van der Waals surface area contributed by atoms with Crippen molar-refractivity contribution in [1.82, 2.24) is 10.6 Å². The van der Waals surface area contributed by atoms with Crippen molar-refractivity contribution in [3.8, 4) is 0 Å². The number of carbonyl (C=O) groups is 3. The first-order valence-electron chi connectivity index (χ1n) is 14.6. The van der Waals surface area contributed by atoms with Crippen molar-refractivity contribution in [3.63, 3.8) is 0 Å². The van der Waals surface area contributed by atoms with Crippen molar-refractivity contribution in [3.05, 3.63) is 63.4 Å². The van der Waals surface area contributed by atoms with E-state index in [9.17, 15) is 14.4 Å². The lowest BCUT2D eigenvalue weighted by Gasteiger charge is -2.29. The molecule has 2 aromatic rings. The van der Waals surface area contributed by atoms with E-state index in [2.05, 4.69) is 43.6 Å². The summed E-state index contributed by atoms with van der Waals surface area (Å²) in [5.41, 5.74) is 7.04. The number of hydrogen-bond acceptors (Lipinski definition) is 5. The molecule has 2 aromatic carbocycles. The van der Waals surface area contributed by atoms with E-state index in [0.29, 0.717) is 34.6 Å². The number of amides is 2. The molecule has 238 valence electrons. The normalized spacial score (nSPS) is 20.9. The molecule has 1 saturated heterocycles. The molecular formula is C32H45Cl2FN4O4. The van der Waals surface area contributed by atoms with E-state index in [-0.39, 0.29) is 22.9 Å². The van der Waals surface area contributed by atoms with Crippen LogP contribution < -0.4 is 21.7 Å². The van der Waals surface area contributed by atoms with Crippen LogP contribution in [-0.2, 0) is 14.4 Å². The van der Waals surface area contributed by atoms with Gasteiger partial charge >= 0.3 is 5.97 Å². The average molecular weight is 640 g/mol. The molecule has 0 bridgehead atoms. The molecule has 4 atom stereocenters. The number of hydrogen-bond donors (Lipinski definition) is 5. The molecule has 1 aliphatic heterocycles. The lowest BCUT2D eigenvalue weighted by atomic mass is 9.79. The van der Waals surface area contributed by atoms with Crippen LogP contribution in [0, 0.1) is 11.2 Å². The number of nitrogens with one attached hydrogen (secondary N) is 3. The Bertz CT molecular complexity index is 1230. The fourth-order valence-corrected chi connectivity index (χ4v) is 5.41. The van der Waals surface area contributed by atoms with Gasteiger partial charge in [0.25, 0.3) is 0 Å². The highest BCUT2D eigenvalue weighted by Gasteiger charge is 2.44. The van der Waals surface area contributed by atoms with E-state index >= 15 is 4.39 Å². The highest BCUT2D eigenvalue weighted by Crippen LogP contribution is 2.44. The second kappa shape index (κ2) is 16.9. The van der Waals surface area contributed by atoms with Gasteiger partial charge in [0, 0.05) is 35.1 Å². The number of nitrogens with two attached hydrogens (primary N) is 1. The van der Waals surface area contributed by atoms with Crippen LogP contribution in [0.3, 0.4) is 0 Å². The van der Waals surface area contributed by atoms with E-state index in [0.717, 1.165) is 31.2 Å². The molecule has 0 aromatic heterocycles. The SMILES string of the molecule is CC(C)(C)C.CC(N)C(=O)O.O=CNc1cc(Cl)ccc1C1CN[C@@H](C(=O)NC2CCCCC2)C1c1cccc(Cl)c1F. The number of carboxylic acids is 1. The van der Waals surface area contributed by atoms with Crippen molar-refractivity contribution in [2.75, 3.05) is 11.9 Å². The van der Waals surface area contributed by atoms with Gasteiger partial charge in [-0.1, -0.05) is 88.4 Å². The zero-order valence-electron chi connectivity index (χ0n) is 25.6. The summed E-state index contributed by atoms with van der Waals surface area (Å²) in [4.78, 5) is 34.1. The maximum atomic E-state index is 15.2. The van der Waals surface area contributed by atoms with Crippen LogP contribution in [0.1, 0.15) is 89.7 Å². The Morgan fingerprint density at radius 2 is 1.70 bits per heavy atom. The third-order valence-electron chi connectivity index (χ3n) is 6.94. The molecule has 0 spiro atoms. The number of anilines is 1. The third kappa shape index (κ3) is 11.7. The molecule has 4 rings (SSSR count). The van der Waals surface area contributed by atoms with Crippen LogP contribution in [0.15, 0.2) is 36.4 Å². The summed E-state index contributed by atoms with van der Waals surface area (Å²) < 4.78 is 15.2. The summed E-state index contributed by atoms with van der Waals surface area (Å²) in [5.74, 6) is -2.41. The van der Waals surface area contributed by atoms with Crippen molar-refractivity contribution in [1.29, 1.82) is 0 Å². The second-order valence-corrected chi connectivity index (χ2v) is 13.5. The summed E-state index contributed by atoms with van der Waals surface area (Å²) in [6.45, 7) is 10.6. The van der Waals surface area contributed by atoms with Gasteiger partial charge < -0.3 is 26.8 Å². The lowest BCUT2D eigenvalue weighted by molar-refractivity contribution is -0.138. The molecule has 1 aliphatic carbocycles. The highest BCUT2D eigenvalue weighted by molar-refractivity contribution is 6.31. The number of carbonyl (C=O) groups excluding carboxylic acids is 2. The van der Waals surface area contributed by atoms with E-state index in [1.54, 1.807) is 24.3 Å². The number of benzene rings is 2. The summed E-state index contributed by atoms with van der Waals surface area (Å²) >= 11 is 12.2. The Labute approximate surface area is 264 Å².